The number of benzene rings is 2. The predicted octanol–water partition coefficient (Wildman–Crippen LogP) is 3.54. The van der Waals surface area contributed by atoms with E-state index in [1.165, 1.54) is 11.8 Å². The quantitative estimate of drug-likeness (QED) is 0.567. The molecule has 124 valence electrons. The van der Waals surface area contributed by atoms with Crippen molar-refractivity contribution in [1.82, 2.24) is 9.97 Å². The van der Waals surface area contributed by atoms with Crippen molar-refractivity contribution in [2.45, 2.75) is 17.8 Å². The number of aromatic nitrogens is 2. The minimum absolute atomic E-state index is 0.118. The van der Waals surface area contributed by atoms with E-state index in [0.29, 0.717) is 33.3 Å². The Labute approximate surface area is 144 Å². The monoisotopic (exact) mass is 342 g/mol. The zero-order valence-corrected chi connectivity index (χ0v) is 14.6. The minimum Gasteiger partial charge on any atom is -0.493 e. The van der Waals surface area contributed by atoms with Crippen LogP contribution in [0.4, 0.5) is 0 Å². The summed E-state index contributed by atoms with van der Waals surface area (Å²) in [6.07, 6.45) is 0. The zero-order chi connectivity index (χ0) is 17.1. The molecule has 0 saturated carbocycles. The Balaban J connectivity index is 1.87. The molecule has 24 heavy (non-hydrogen) atoms. The van der Waals surface area contributed by atoms with Crippen LogP contribution >= 0.6 is 11.8 Å². The molecule has 3 rings (SSSR count). The summed E-state index contributed by atoms with van der Waals surface area (Å²) in [6.45, 7) is 2.02. The molecular formula is C18H18N2O3S. The molecule has 0 aliphatic carbocycles. The molecule has 3 aromatic rings. The van der Waals surface area contributed by atoms with Crippen molar-refractivity contribution in [2.75, 3.05) is 14.2 Å². The van der Waals surface area contributed by atoms with Gasteiger partial charge in [0.05, 0.1) is 25.1 Å². The lowest BCUT2D eigenvalue weighted by Gasteiger charge is -2.12. The molecule has 5 nitrogen and oxygen atoms in total. The summed E-state index contributed by atoms with van der Waals surface area (Å²) in [5, 5.41) is 1.21. The number of nitrogens with zero attached hydrogens (tertiary/aromatic N) is 1. The maximum Gasteiger partial charge on any atom is 0.259 e. The molecule has 2 aromatic carbocycles. The van der Waals surface area contributed by atoms with Gasteiger partial charge in [-0.05, 0) is 42.3 Å². The smallest absolute Gasteiger partial charge is 0.259 e. The van der Waals surface area contributed by atoms with Gasteiger partial charge in [0.1, 0.15) is 0 Å². The summed E-state index contributed by atoms with van der Waals surface area (Å²) < 4.78 is 10.7. The van der Waals surface area contributed by atoms with Crippen LogP contribution in [0.2, 0.25) is 0 Å². The van der Waals surface area contributed by atoms with E-state index in [1.807, 2.05) is 37.3 Å². The Bertz CT molecular complexity index is 937. The van der Waals surface area contributed by atoms with Crippen molar-refractivity contribution in [1.29, 1.82) is 0 Å². The highest BCUT2D eigenvalue weighted by molar-refractivity contribution is 7.98. The SMILES string of the molecule is COc1cc(C)c(CSc2nc3ccccc3c(=O)[nH]2)cc1OC. The van der Waals surface area contributed by atoms with Crippen molar-refractivity contribution in [3.8, 4) is 11.5 Å². The molecule has 0 bridgehead atoms. The summed E-state index contributed by atoms with van der Waals surface area (Å²) in [4.78, 5) is 19.5. The second-order valence-electron chi connectivity index (χ2n) is 5.31. The Hall–Kier alpha value is -2.47. The molecule has 0 fully saturated rings. The van der Waals surface area contributed by atoms with Gasteiger partial charge < -0.3 is 14.5 Å². The third-order valence-corrected chi connectivity index (χ3v) is 4.72. The van der Waals surface area contributed by atoms with E-state index in [4.69, 9.17) is 9.47 Å². The first kappa shape index (κ1) is 16.4. The molecule has 0 amide bonds. The van der Waals surface area contributed by atoms with E-state index >= 15 is 0 Å². The molecule has 6 heteroatoms. The number of hydrogen-bond donors (Lipinski definition) is 1. The van der Waals surface area contributed by atoms with Gasteiger partial charge in [-0.25, -0.2) is 4.98 Å². The highest BCUT2D eigenvalue weighted by atomic mass is 32.2. The number of rotatable bonds is 5. The second kappa shape index (κ2) is 6.97. The topological polar surface area (TPSA) is 64.2 Å². The number of ether oxygens (including phenoxy) is 2. The van der Waals surface area contributed by atoms with E-state index in [1.54, 1.807) is 20.3 Å². The second-order valence-corrected chi connectivity index (χ2v) is 6.27. The van der Waals surface area contributed by atoms with Crippen LogP contribution < -0.4 is 15.0 Å². The molecule has 0 aliphatic rings. The molecule has 0 radical (unpaired) electrons. The average Bonchev–Trinajstić information content (AvgIpc) is 2.60. The summed E-state index contributed by atoms with van der Waals surface area (Å²) in [5.41, 5.74) is 2.79. The zero-order valence-electron chi connectivity index (χ0n) is 13.8. The Kier molecular flexibility index (Phi) is 4.76. The van der Waals surface area contributed by atoms with E-state index in [-0.39, 0.29) is 5.56 Å². The molecule has 1 N–H and O–H groups in total. The number of nitrogens with one attached hydrogen (secondary N) is 1. The lowest BCUT2D eigenvalue weighted by atomic mass is 10.1. The molecule has 0 aliphatic heterocycles. The van der Waals surface area contributed by atoms with Gasteiger partial charge in [-0.15, -0.1) is 0 Å². The molecule has 0 spiro atoms. The van der Waals surface area contributed by atoms with Crippen molar-refractivity contribution < 1.29 is 9.47 Å². The maximum atomic E-state index is 12.1. The molecule has 0 atom stereocenters. The molecular weight excluding hydrogens is 324 g/mol. The van der Waals surface area contributed by atoms with Crippen molar-refractivity contribution in [2.24, 2.45) is 0 Å². The minimum atomic E-state index is -0.118. The number of aryl methyl sites for hydroxylation is 1. The number of hydrogen-bond acceptors (Lipinski definition) is 5. The maximum absolute atomic E-state index is 12.1. The van der Waals surface area contributed by atoms with Crippen LogP contribution in [0, 0.1) is 6.92 Å². The summed E-state index contributed by atoms with van der Waals surface area (Å²) in [5.74, 6) is 2.08. The van der Waals surface area contributed by atoms with Crippen molar-refractivity contribution >= 4 is 22.7 Å². The summed E-state index contributed by atoms with van der Waals surface area (Å²) in [6, 6.07) is 11.2. The number of fused-ring (bicyclic) bond motifs is 1. The normalized spacial score (nSPS) is 10.8. The van der Waals surface area contributed by atoms with Crippen LogP contribution in [0.15, 0.2) is 46.3 Å². The molecule has 1 heterocycles. The number of thioether (sulfide) groups is 1. The van der Waals surface area contributed by atoms with Gasteiger partial charge in [-0.1, -0.05) is 23.9 Å². The third kappa shape index (κ3) is 3.23. The molecule has 0 unspecified atom stereocenters. The summed E-state index contributed by atoms with van der Waals surface area (Å²) >= 11 is 1.49. The van der Waals surface area contributed by atoms with Crippen molar-refractivity contribution in [3.05, 3.63) is 57.9 Å². The first-order valence-corrected chi connectivity index (χ1v) is 8.44. The standard InChI is InChI=1S/C18H18N2O3S/c1-11-8-15(22-2)16(23-3)9-12(11)10-24-18-19-14-7-5-4-6-13(14)17(21)20-18/h4-9H,10H2,1-3H3,(H,19,20,21). The van der Waals surface area contributed by atoms with Crippen molar-refractivity contribution in [3.63, 3.8) is 0 Å². The fraction of sp³-hybridized carbons (Fsp3) is 0.222. The number of methoxy groups -OCH3 is 2. The van der Waals surface area contributed by atoms with Crippen LogP contribution in [-0.4, -0.2) is 24.2 Å². The lowest BCUT2D eigenvalue weighted by Crippen LogP contribution is -2.09. The van der Waals surface area contributed by atoms with Gasteiger partial charge in [-0.3, -0.25) is 4.79 Å². The third-order valence-electron chi connectivity index (χ3n) is 3.80. The fourth-order valence-electron chi connectivity index (χ4n) is 2.46. The van der Waals surface area contributed by atoms with Gasteiger partial charge in [-0.2, -0.15) is 0 Å². The van der Waals surface area contributed by atoms with E-state index < -0.39 is 0 Å². The van der Waals surface area contributed by atoms with Gasteiger partial charge >= 0.3 is 0 Å². The molecule has 1 aromatic heterocycles. The first-order chi connectivity index (χ1) is 11.6. The fourth-order valence-corrected chi connectivity index (χ4v) is 3.39. The lowest BCUT2D eigenvalue weighted by molar-refractivity contribution is 0.354. The van der Waals surface area contributed by atoms with Crippen LogP contribution in [-0.2, 0) is 5.75 Å². The summed E-state index contributed by atoms with van der Waals surface area (Å²) in [7, 11) is 3.24. The molecule has 0 saturated heterocycles. The van der Waals surface area contributed by atoms with Gasteiger partial charge in [0.15, 0.2) is 16.7 Å². The predicted molar refractivity (Wildman–Crippen MR) is 96.2 cm³/mol. The van der Waals surface area contributed by atoms with Gasteiger partial charge in [0.25, 0.3) is 5.56 Å². The van der Waals surface area contributed by atoms with E-state index in [9.17, 15) is 4.79 Å². The van der Waals surface area contributed by atoms with Gasteiger partial charge in [0, 0.05) is 5.75 Å². The van der Waals surface area contributed by atoms with Gasteiger partial charge in [0.2, 0.25) is 0 Å². The highest BCUT2D eigenvalue weighted by Gasteiger charge is 2.10. The van der Waals surface area contributed by atoms with Crippen LogP contribution in [0.5, 0.6) is 11.5 Å². The average molecular weight is 342 g/mol. The number of aromatic amines is 1. The Morgan fingerprint density at radius 2 is 1.83 bits per heavy atom. The number of H-pyrrole nitrogens is 1. The van der Waals surface area contributed by atoms with Crippen LogP contribution in [0.1, 0.15) is 11.1 Å². The van der Waals surface area contributed by atoms with Crippen LogP contribution in [0.3, 0.4) is 0 Å². The largest absolute Gasteiger partial charge is 0.493 e. The first-order valence-electron chi connectivity index (χ1n) is 7.45. The number of para-hydroxylation sites is 1. The Morgan fingerprint density at radius 3 is 2.58 bits per heavy atom. The van der Waals surface area contributed by atoms with E-state index in [0.717, 1.165) is 11.1 Å². The highest BCUT2D eigenvalue weighted by Crippen LogP contribution is 2.32. The Morgan fingerprint density at radius 1 is 1.12 bits per heavy atom. The van der Waals surface area contributed by atoms with E-state index in [2.05, 4.69) is 9.97 Å². The van der Waals surface area contributed by atoms with Crippen LogP contribution in [0.25, 0.3) is 10.9 Å².